The fraction of sp³-hybridized carbons (Fsp3) is 0.312. The van der Waals surface area contributed by atoms with Gasteiger partial charge in [-0.1, -0.05) is 48.5 Å². The van der Waals surface area contributed by atoms with Crippen molar-refractivity contribution in [3.05, 3.63) is 84.4 Å². The molecule has 2 unspecified atom stereocenters. The van der Waals surface area contributed by atoms with Crippen LogP contribution in [0.15, 0.2) is 73.1 Å². The first-order chi connectivity index (χ1) is 23.4. The van der Waals surface area contributed by atoms with Crippen molar-refractivity contribution >= 4 is 41.6 Å². The van der Waals surface area contributed by atoms with Crippen LogP contribution < -0.4 is 19.7 Å². The molecule has 0 amide bonds. The molecule has 0 aliphatic carbocycles. The molecule has 3 heterocycles. The van der Waals surface area contributed by atoms with Crippen LogP contribution in [0.1, 0.15) is 25.6 Å². The van der Waals surface area contributed by atoms with Gasteiger partial charge in [0.05, 0.1) is 20.0 Å². The zero-order valence-electron chi connectivity index (χ0n) is 26.6. The Balaban J connectivity index is 1.25. The van der Waals surface area contributed by atoms with Crippen LogP contribution in [0.25, 0.3) is 21.9 Å². The fourth-order valence-electron chi connectivity index (χ4n) is 5.40. The topological polar surface area (TPSA) is 199 Å². The molecular formula is C32H34FN6O9P. The molecule has 0 spiro atoms. The lowest BCUT2D eigenvalue weighted by Crippen LogP contribution is -2.44. The van der Waals surface area contributed by atoms with E-state index in [1.807, 2.05) is 18.2 Å². The summed E-state index contributed by atoms with van der Waals surface area (Å²) in [6, 6.07) is 16.8. The number of aliphatic carboxylic acids is 1. The number of ether oxygens (including phenoxy) is 2. The highest BCUT2D eigenvalue weighted by atomic mass is 31.2. The zero-order valence-corrected chi connectivity index (χ0v) is 27.5. The summed E-state index contributed by atoms with van der Waals surface area (Å²) in [7, 11) is -3.03. The molecule has 1 fully saturated rings. The van der Waals surface area contributed by atoms with Crippen LogP contribution in [0.3, 0.4) is 0 Å². The van der Waals surface area contributed by atoms with Gasteiger partial charge in [-0.2, -0.15) is 15.1 Å². The summed E-state index contributed by atoms with van der Waals surface area (Å²) >= 11 is 0. The molecular weight excluding hydrogens is 662 g/mol. The number of benzene rings is 3. The number of aromatic nitrogens is 4. The number of carboxylic acid groups (broad SMARTS) is 1. The van der Waals surface area contributed by atoms with Crippen molar-refractivity contribution in [3.63, 3.8) is 0 Å². The van der Waals surface area contributed by atoms with Crippen LogP contribution in [0.2, 0.25) is 0 Å². The van der Waals surface area contributed by atoms with E-state index in [0.717, 1.165) is 10.9 Å². The van der Waals surface area contributed by atoms with E-state index < -0.39 is 50.4 Å². The van der Waals surface area contributed by atoms with Crippen LogP contribution in [-0.4, -0.2) is 78.4 Å². The molecule has 1 aliphatic heterocycles. The van der Waals surface area contributed by atoms with Crippen molar-refractivity contribution in [2.45, 2.75) is 50.5 Å². The Morgan fingerprint density at radius 3 is 2.61 bits per heavy atom. The monoisotopic (exact) mass is 696 g/mol. The summed E-state index contributed by atoms with van der Waals surface area (Å²) in [6.45, 7) is 2.30. The van der Waals surface area contributed by atoms with Gasteiger partial charge in [-0.3, -0.25) is 13.9 Å². The average molecular weight is 697 g/mol. The minimum Gasteiger partial charge on any atom is -0.480 e. The van der Waals surface area contributed by atoms with Crippen LogP contribution in [0.4, 0.5) is 10.3 Å². The van der Waals surface area contributed by atoms with E-state index in [4.69, 9.17) is 18.5 Å². The third-order valence-corrected chi connectivity index (χ3v) is 9.68. The van der Waals surface area contributed by atoms with Gasteiger partial charge in [0, 0.05) is 11.9 Å². The van der Waals surface area contributed by atoms with Crippen LogP contribution in [0, 0.1) is 5.82 Å². The number of carbonyl (C=O) groups is 1. The molecule has 1 aliphatic rings. The van der Waals surface area contributed by atoms with E-state index in [-0.39, 0.29) is 41.1 Å². The Labute approximate surface area is 279 Å². The molecule has 0 radical (unpaired) electrons. The van der Waals surface area contributed by atoms with Crippen molar-refractivity contribution in [1.29, 1.82) is 0 Å². The molecule has 258 valence electrons. The number of rotatable bonds is 13. The Morgan fingerprint density at radius 1 is 1.14 bits per heavy atom. The molecule has 6 atom stereocenters. The van der Waals surface area contributed by atoms with Gasteiger partial charge >= 0.3 is 13.7 Å². The van der Waals surface area contributed by atoms with E-state index in [2.05, 4.69) is 25.4 Å². The Morgan fingerprint density at radius 2 is 1.88 bits per heavy atom. The first-order valence-electron chi connectivity index (χ1n) is 15.1. The predicted octanol–water partition coefficient (Wildman–Crippen LogP) is 4.02. The van der Waals surface area contributed by atoms with Crippen molar-refractivity contribution in [1.82, 2.24) is 24.6 Å². The van der Waals surface area contributed by atoms with Crippen LogP contribution in [-0.2, 0) is 25.2 Å². The minimum atomic E-state index is -4.44. The summed E-state index contributed by atoms with van der Waals surface area (Å²) in [5.74, 6) is -1.24. The van der Waals surface area contributed by atoms with Crippen molar-refractivity contribution in [2.24, 2.45) is 0 Å². The second-order valence-electron chi connectivity index (χ2n) is 11.6. The molecule has 1 saturated heterocycles. The molecule has 6 rings (SSSR count). The second-order valence-corrected chi connectivity index (χ2v) is 13.3. The molecule has 0 saturated carbocycles. The molecule has 2 aromatic heterocycles. The quantitative estimate of drug-likeness (QED) is 0.111. The molecule has 5 N–H and O–H groups in total. The largest absolute Gasteiger partial charge is 0.480 e. The predicted molar refractivity (Wildman–Crippen MR) is 175 cm³/mol. The Hall–Kier alpha value is -4.70. The standard InChI is InChI=1S/C32H34FN6O9P/c1-18(29(41)42)38-49(44,48-23-10-6-8-20-7-4-5-9-22(20)23)46-16-24-26(40)32(2,43)30(47-24)39-17-35-25-27(39)36-31(37-28(25)45-3)34-15-19-11-13-21(33)14-12-19/h4-14,17-18,24,26,30,40,43H,15-16H2,1-3H3,(H,38,44)(H,41,42)(H,34,36,37)/t18?,24-,26-,30-,32-,49?/m1/s1. The lowest BCUT2D eigenvalue weighted by molar-refractivity contribution is -0.138. The van der Waals surface area contributed by atoms with Crippen molar-refractivity contribution in [2.75, 3.05) is 19.0 Å². The highest BCUT2D eigenvalue weighted by Gasteiger charge is 2.54. The van der Waals surface area contributed by atoms with Crippen molar-refractivity contribution in [3.8, 4) is 11.6 Å². The maximum Gasteiger partial charge on any atom is 0.459 e. The third kappa shape index (κ3) is 7.06. The van der Waals surface area contributed by atoms with Gasteiger partial charge in [-0.05, 0) is 43.0 Å². The number of methoxy groups -OCH3 is 1. The minimum absolute atomic E-state index is 0.119. The lowest BCUT2D eigenvalue weighted by Gasteiger charge is -2.27. The number of carboxylic acids is 1. The molecule has 17 heteroatoms. The maximum absolute atomic E-state index is 14.0. The Kier molecular flexibility index (Phi) is 9.53. The number of nitrogens with one attached hydrogen (secondary N) is 2. The molecule has 3 aromatic carbocycles. The van der Waals surface area contributed by atoms with Gasteiger partial charge in [-0.25, -0.2) is 13.9 Å². The average Bonchev–Trinajstić information content (AvgIpc) is 3.60. The number of imidazole rings is 1. The normalized spacial score (nSPS) is 22.5. The molecule has 15 nitrogen and oxygen atoms in total. The first-order valence-corrected chi connectivity index (χ1v) is 16.7. The number of fused-ring (bicyclic) bond motifs is 2. The van der Waals surface area contributed by atoms with Crippen LogP contribution >= 0.6 is 7.75 Å². The third-order valence-electron chi connectivity index (χ3n) is 8.05. The van der Waals surface area contributed by atoms with Gasteiger partial charge in [-0.15, -0.1) is 0 Å². The zero-order chi connectivity index (χ0) is 34.9. The number of hydrogen-bond acceptors (Lipinski definition) is 12. The lowest BCUT2D eigenvalue weighted by atomic mass is 9.96. The number of aliphatic hydroxyl groups excluding tert-OH is 1. The fourth-order valence-corrected chi connectivity index (χ4v) is 6.93. The smallest absolute Gasteiger partial charge is 0.459 e. The van der Waals surface area contributed by atoms with E-state index in [9.17, 15) is 29.1 Å². The number of aliphatic hydroxyl groups is 2. The second kappa shape index (κ2) is 13.7. The van der Waals surface area contributed by atoms with Crippen LogP contribution in [0.5, 0.6) is 11.6 Å². The number of anilines is 1. The highest BCUT2D eigenvalue weighted by molar-refractivity contribution is 7.52. The van der Waals surface area contributed by atoms with Gasteiger partial charge in [0.1, 0.15) is 35.4 Å². The summed E-state index contributed by atoms with van der Waals surface area (Å²) in [6.07, 6.45) is -2.80. The van der Waals surface area contributed by atoms with E-state index in [0.29, 0.717) is 5.39 Å². The Bertz CT molecular complexity index is 2020. The summed E-state index contributed by atoms with van der Waals surface area (Å²) in [5.41, 5.74) is -0.763. The summed E-state index contributed by atoms with van der Waals surface area (Å²) in [4.78, 5) is 24.9. The SMILES string of the molecule is COc1nc(NCc2ccc(F)cc2)nc2c1ncn2[C@@H]1O[C@H](COP(=O)(NC(C)C(=O)O)Oc2cccc3ccccc23)[C@@H](O)[C@@]1(C)O. The number of nitrogens with zero attached hydrogens (tertiary/aromatic N) is 4. The first kappa shape index (κ1) is 34.2. The molecule has 5 aromatic rings. The van der Waals surface area contributed by atoms with E-state index >= 15 is 0 Å². The highest BCUT2D eigenvalue weighted by Crippen LogP contribution is 2.48. The summed E-state index contributed by atoms with van der Waals surface area (Å²) in [5, 5.41) is 39.1. The van der Waals surface area contributed by atoms with E-state index in [1.54, 1.807) is 36.4 Å². The van der Waals surface area contributed by atoms with E-state index in [1.165, 1.54) is 44.0 Å². The van der Waals surface area contributed by atoms with Gasteiger partial charge in [0.2, 0.25) is 11.8 Å². The number of halogens is 1. The van der Waals surface area contributed by atoms with Crippen molar-refractivity contribution < 1.29 is 47.6 Å². The van der Waals surface area contributed by atoms with Gasteiger partial charge < -0.3 is 34.6 Å². The molecule has 49 heavy (non-hydrogen) atoms. The maximum atomic E-state index is 14.0. The summed E-state index contributed by atoms with van der Waals surface area (Å²) < 4.78 is 51.8. The van der Waals surface area contributed by atoms with Gasteiger partial charge in [0.15, 0.2) is 17.4 Å². The van der Waals surface area contributed by atoms with Gasteiger partial charge in [0.25, 0.3) is 0 Å². The number of hydrogen-bond donors (Lipinski definition) is 5. The molecule has 0 bridgehead atoms.